The highest BCUT2D eigenvalue weighted by Crippen LogP contribution is 2.04. The van der Waals surface area contributed by atoms with Gasteiger partial charge in [0.15, 0.2) is 0 Å². The number of quaternary nitrogens is 1. The van der Waals surface area contributed by atoms with Crippen LogP contribution in [0.25, 0.3) is 0 Å². The first-order valence-electron chi connectivity index (χ1n) is 6.27. The lowest BCUT2D eigenvalue weighted by atomic mass is 10.0. The molecule has 20 heavy (non-hydrogen) atoms. The number of carbonyl (C=O) groups excluding carboxylic acids is 2. The molecular formula is C12H22N6O2+2. The van der Waals surface area contributed by atoms with E-state index in [1.807, 2.05) is 13.8 Å². The molecule has 0 spiro atoms. The van der Waals surface area contributed by atoms with Crippen molar-refractivity contribution in [1.82, 2.24) is 10.3 Å². The van der Waals surface area contributed by atoms with Crippen LogP contribution in [0.5, 0.6) is 0 Å². The number of hydrogen-bond donors (Lipinski definition) is 6. The van der Waals surface area contributed by atoms with Crippen LogP contribution in [0.2, 0.25) is 0 Å². The van der Waals surface area contributed by atoms with Crippen LogP contribution in [-0.4, -0.2) is 28.8 Å². The normalized spacial score (nSPS) is 12.2. The maximum absolute atomic E-state index is 11.6. The summed E-state index contributed by atoms with van der Waals surface area (Å²) in [5.41, 5.74) is 14.9. The van der Waals surface area contributed by atoms with Crippen LogP contribution in [0, 0.1) is 5.92 Å². The second-order valence-corrected chi connectivity index (χ2v) is 4.88. The number of nitrogens with two attached hydrogens (primary N) is 2. The second-order valence-electron chi connectivity index (χ2n) is 4.88. The van der Waals surface area contributed by atoms with Gasteiger partial charge in [-0.15, -0.1) is 0 Å². The highest BCUT2D eigenvalue weighted by Gasteiger charge is 2.22. The van der Waals surface area contributed by atoms with E-state index < -0.39 is 5.91 Å². The van der Waals surface area contributed by atoms with Crippen molar-refractivity contribution in [2.45, 2.75) is 26.4 Å². The first-order valence-corrected chi connectivity index (χ1v) is 6.27. The van der Waals surface area contributed by atoms with Crippen LogP contribution >= 0.6 is 0 Å². The van der Waals surface area contributed by atoms with E-state index in [1.165, 1.54) is 0 Å². The molecule has 0 unspecified atom stereocenters. The van der Waals surface area contributed by atoms with E-state index in [1.54, 1.807) is 12.1 Å². The summed E-state index contributed by atoms with van der Waals surface area (Å²) in [5, 5.41) is 3.10. The summed E-state index contributed by atoms with van der Waals surface area (Å²) in [6.07, 6.45) is 0. The largest absolute Gasteiger partial charge is 0.352 e. The fraction of sp³-hybridized carbons (Fsp3) is 0.417. The van der Waals surface area contributed by atoms with Crippen molar-refractivity contribution in [3.05, 3.63) is 23.5 Å². The van der Waals surface area contributed by atoms with Gasteiger partial charge >= 0.3 is 17.8 Å². The Labute approximate surface area is 116 Å². The van der Waals surface area contributed by atoms with E-state index >= 15 is 0 Å². The van der Waals surface area contributed by atoms with Crippen molar-refractivity contribution in [1.29, 1.82) is 0 Å². The number of aromatic nitrogens is 1. The van der Waals surface area contributed by atoms with Crippen molar-refractivity contribution in [3.63, 3.8) is 0 Å². The topological polar surface area (TPSA) is 156 Å². The molecule has 8 nitrogen and oxygen atoms in total. The third kappa shape index (κ3) is 4.48. The van der Waals surface area contributed by atoms with E-state index in [4.69, 9.17) is 11.5 Å². The molecule has 0 aromatic carbocycles. The van der Waals surface area contributed by atoms with E-state index in [9.17, 15) is 9.59 Å². The van der Waals surface area contributed by atoms with Crippen molar-refractivity contribution < 1.29 is 20.3 Å². The molecule has 0 aliphatic rings. The highest BCUT2D eigenvalue weighted by molar-refractivity contribution is 5.88. The Morgan fingerprint density at radius 3 is 2.55 bits per heavy atom. The van der Waals surface area contributed by atoms with Crippen molar-refractivity contribution in [2.75, 3.05) is 0 Å². The molecule has 2 amide bonds. The number of amides is 2. The number of hydrogen-bond acceptors (Lipinski definition) is 3. The summed E-state index contributed by atoms with van der Waals surface area (Å²) in [6, 6.07) is 3.05. The molecule has 0 saturated carbocycles. The molecule has 0 aliphatic carbocycles. The Balaban J connectivity index is 2.67. The molecule has 10 N–H and O–H groups in total. The summed E-state index contributed by atoms with van der Waals surface area (Å²) in [7, 11) is 0. The van der Waals surface area contributed by atoms with Crippen molar-refractivity contribution in [2.24, 2.45) is 17.4 Å². The number of aromatic amines is 1. The summed E-state index contributed by atoms with van der Waals surface area (Å²) in [6.45, 7) is 4.31. The average molecular weight is 282 g/mol. The van der Waals surface area contributed by atoms with Crippen LogP contribution < -0.4 is 27.5 Å². The van der Waals surface area contributed by atoms with Gasteiger partial charge < -0.3 is 4.98 Å². The summed E-state index contributed by atoms with van der Waals surface area (Å²) >= 11 is 0. The van der Waals surface area contributed by atoms with E-state index in [2.05, 4.69) is 21.0 Å². The summed E-state index contributed by atoms with van der Waals surface area (Å²) < 4.78 is 0. The van der Waals surface area contributed by atoms with Gasteiger partial charge in [-0.05, 0) is 18.1 Å². The lowest BCUT2D eigenvalue weighted by Crippen LogP contribution is -2.81. The summed E-state index contributed by atoms with van der Waals surface area (Å²) in [5.74, 6) is -0.587. The molecule has 110 valence electrons. The first kappa shape index (κ1) is 15.9. The Kier molecular flexibility index (Phi) is 5.42. The SMILES string of the molecule is CC(C)[C@H](NCc1ccc(C(=O)[NH+]=C(N)N)[nH]1)C([NH3+])=O. The van der Waals surface area contributed by atoms with Crippen molar-refractivity contribution >= 4 is 17.8 Å². The molecular weight excluding hydrogens is 260 g/mol. The Morgan fingerprint density at radius 2 is 2.05 bits per heavy atom. The van der Waals surface area contributed by atoms with Gasteiger partial charge in [0, 0.05) is 12.2 Å². The lowest BCUT2D eigenvalue weighted by molar-refractivity contribution is -0.347. The molecule has 1 atom stereocenters. The van der Waals surface area contributed by atoms with Crippen LogP contribution in [0.15, 0.2) is 12.1 Å². The molecule has 0 saturated heterocycles. The number of nitrogens with one attached hydrogen (secondary N) is 3. The van der Waals surface area contributed by atoms with Gasteiger partial charge in [-0.1, -0.05) is 13.8 Å². The minimum absolute atomic E-state index is 0.143. The van der Waals surface area contributed by atoms with Gasteiger partial charge in [-0.2, -0.15) is 0 Å². The Hall–Kier alpha value is -2.19. The third-order valence-electron chi connectivity index (χ3n) is 2.77. The molecule has 1 rings (SSSR count). The predicted molar refractivity (Wildman–Crippen MR) is 72.8 cm³/mol. The second kappa shape index (κ2) is 6.83. The average Bonchev–Trinajstić information content (AvgIpc) is 2.76. The number of carbonyl (C=O) groups is 2. The predicted octanol–water partition coefficient (Wildman–Crippen LogP) is -3.61. The molecule has 1 aromatic rings. The van der Waals surface area contributed by atoms with Gasteiger partial charge in [0.25, 0.3) is 0 Å². The van der Waals surface area contributed by atoms with Gasteiger partial charge in [0.05, 0.1) is 0 Å². The maximum atomic E-state index is 11.6. The minimum atomic E-state index is -0.412. The molecule has 1 aromatic heterocycles. The van der Waals surface area contributed by atoms with Crippen LogP contribution in [0.4, 0.5) is 0 Å². The van der Waals surface area contributed by atoms with Crippen LogP contribution in [0.1, 0.15) is 30.0 Å². The minimum Gasteiger partial charge on any atom is -0.352 e. The van der Waals surface area contributed by atoms with Gasteiger partial charge in [0.2, 0.25) is 0 Å². The van der Waals surface area contributed by atoms with Gasteiger partial charge in [-0.3, -0.25) is 22.5 Å². The molecule has 8 heteroatoms. The smallest absolute Gasteiger partial charge is 0.346 e. The number of H-pyrrole nitrogens is 1. The maximum Gasteiger partial charge on any atom is 0.346 e. The molecule has 0 bridgehead atoms. The van der Waals surface area contributed by atoms with Crippen molar-refractivity contribution in [3.8, 4) is 0 Å². The molecule has 0 aliphatic heterocycles. The number of rotatable bonds is 6. The van der Waals surface area contributed by atoms with Gasteiger partial charge in [0.1, 0.15) is 11.7 Å². The zero-order valence-electron chi connectivity index (χ0n) is 11.7. The Morgan fingerprint density at radius 1 is 1.40 bits per heavy atom. The molecule has 0 radical (unpaired) electrons. The van der Waals surface area contributed by atoms with E-state index in [-0.39, 0.29) is 23.8 Å². The number of guanidine groups is 1. The fourth-order valence-electron chi connectivity index (χ4n) is 1.82. The molecule has 0 fully saturated rings. The fourth-order valence-corrected chi connectivity index (χ4v) is 1.82. The Bertz CT molecular complexity index is 516. The first-order chi connectivity index (χ1) is 9.31. The van der Waals surface area contributed by atoms with Crippen LogP contribution in [0.3, 0.4) is 0 Å². The standard InChI is InChI=1S/C12H20N6O2/c1-6(2)9(10(13)19)16-5-7-3-4-8(17-7)11(20)18-12(14)15/h3-4,6,9,16-17H,5H2,1-2H3,(H2,13,19)(H4,14,15,18,20)/p+2/t9-/m0/s1. The zero-order chi connectivity index (χ0) is 15.3. The zero-order valence-corrected chi connectivity index (χ0v) is 11.7. The third-order valence-corrected chi connectivity index (χ3v) is 2.77. The van der Waals surface area contributed by atoms with E-state index in [0.29, 0.717) is 12.2 Å². The van der Waals surface area contributed by atoms with E-state index in [0.717, 1.165) is 5.69 Å². The highest BCUT2D eigenvalue weighted by atomic mass is 16.2. The summed E-state index contributed by atoms with van der Waals surface area (Å²) in [4.78, 5) is 28.2. The molecule has 1 heterocycles. The van der Waals surface area contributed by atoms with Crippen LogP contribution in [-0.2, 0) is 11.3 Å². The lowest BCUT2D eigenvalue weighted by Gasteiger charge is -2.16. The monoisotopic (exact) mass is 282 g/mol. The quantitative estimate of drug-likeness (QED) is 0.235. The van der Waals surface area contributed by atoms with Gasteiger partial charge in [-0.25, -0.2) is 14.6 Å².